The van der Waals surface area contributed by atoms with E-state index in [0.717, 1.165) is 0 Å². The van der Waals surface area contributed by atoms with E-state index >= 15 is 0 Å². The molecule has 0 saturated carbocycles. The van der Waals surface area contributed by atoms with Gasteiger partial charge in [-0.05, 0) is 6.29 Å². The Morgan fingerprint density at radius 1 is 1.75 bits per heavy atom. The molecule has 23 valence electrons. The molecule has 0 aliphatic rings. The Morgan fingerprint density at radius 3 is 1.75 bits per heavy atom. The molecule has 2 heteroatoms. The first kappa shape index (κ1) is 8.86. The third kappa shape index (κ3) is 47.6. The fourth-order valence-corrected chi connectivity index (χ4v) is 0. The number of carbonyl (C=O) groups is 1. The van der Waals surface area contributed by atoms with Crippen LogP contribution in [0.4, 0.5) is 0 Å². The zero-order valence-electron chi connectivity index (χ0n) is 2.14. The van der Waals surface area contributed by atoms with E-state index < -0.39 is 0 Å². The molecule has 0 fully saturated rings. The van der Waals surface area contributed by atoms with Crippen molar-refractivity contribution in [2.45, 2.75) is 0 Å². The molecule has 0 aromatic rings. The monoisotopic (exact) mass is 224 g/mol. The average Bonchev–Trinajstić information content (AvgIpc) is 0.918. The Bertz CT molecular complexity index is 13.5. The van der Waals surface area contributed by atoms with Gasteiger partial charge >= 0.3 is 0 Å². The number of aldehydes is 1. The third-order valence-corrected chi connectivity index (χ3v) is 0. The zero-order valence-corrected chi connectivity index (χ0v) is 5.35. The van der Waals surface area contributed by atoms with Crippen molar-refractivity contribution in [3.05, 3.63) is 6.92 Å². The number of hydrogen-bond acceptors (Lipinski definition) is 1. The van der Waals surface area contributed by atoms with E-state index in [0.29, 0.717) is 6.29 Å². The molecule has 0 unspecified atom stereocenters. The summed E-state index contributed by atoms with van der Waals surface area (Å²) in [5.74, 6) is 0. The van der Waals surface area contributed by atoms with Crippen LogP contribution in [-0.2, 0) is 27.2 Å². The molecule has 0 aliphatic heterocycles. The molecular formula is C2H3OTa-. The summed E-state index contributed by atoms with van der Waals surface area (Å²) in [4.78, 5) is 8.69. The van der Waals surface area contributed by atoms with E-state index in [-0.39, 0.29) is 22.4 Å². The van der Waals surface area contributed by atoms with Crippen LogP contribution in [0.1, 0.15) is 0 Å². The van der Waals surface area contributed by atoms with E-state index in [9.17, 15) is 0 Å². The molecule has 0 aromatic heterocycles. The van der Waals surface area contributed by atoms with Crippen LogP contribution in [0, 0.1) is 6.92 Å². The summed E-state index contributed by atoms with van der Waals surface area (Å²) in [7, 11) is 0. The Balaban J connectivity index is 0. The first-order chi connectivity index (χ1) is 1.41. The molecule has 0 bridgehead atoms. The zero-order chi connectivity index (χ0) is 2.71. The SMILES string of the molecule is [CH2-]C=O.[Ta]. The van der Waals surface area contributed by atoms with Crippen molar-refractivity contribution in [3.8, 4) is 0 Å². The van der Waals surface area contributed by atoms with Crippen molar-refractivity contribution in [2.24, 2.45) is 0 Å². The molecule has 0 N–H and O–H groups in total. The van der Waals surface area contributed by atoms with Crippen LogP contribution in [0.15, 0.2) is 0 Å². The molecule has 4 heavy (non-hydrogen) atoms. The van der Waals surface area contributed by atoms with Gasteiger partial charge in [0.15, 0.2) is 0 Å². The summed E-state index contributed by atoms with van der Waals surface area (Å²) in [6, 6.07) is 0. The molecule has 0 atom stereocenters. The number of carbonyl (C=O) groups excluding carboxylic acids is 1. The fourth-order valence-electron chi connectivity index (χ4n) is 0. The third-order valence-electron chi connectivity index (χ3n) is 0. The normalized spacial score (nSPS) is 3.00. The Kier molecular flexibility index (Phi) is 23.0. The van der Waals surface area contributed by atoms with Crippen LogP contribution >= 0.6 is 0 Å². The van der Waals surface area contributed by atoms with Gasteiger partial charge in [0.2, 0.25) is 0 Å². The second kappa shape index (κ2) is 10.4. The van der Waals surface area contributed by atoms with Crippen molar-refractivity contribution >= 4 is 6.29 Å². The van der Waals surface area contributed by atoms with Crippen molar-refractivity contribution in [2.75, 3.05) is 0 Å². The summed E-state index contributed by atoms with van der Waals surface area (Å²) >= 11 is 0. The summed E-state index contributed by atoms with van der Waals surface area (Å²) in [5, 5.41) is 0. The van der Waals surface area contributed by atoms with E-state index in [1.54, 1.807) is 0 Å². The average molecular weight is 224 g/mol. The maximum absolute atomic E-state index is 8.69. The summed E-state index contributed by atoms with van der Waals surface area (Å²) in [6.07, 6.45) is 0.500. The molecule has 0 amide bonds. The molecule has 0 rings (SSSR count). The number of hydrogen-bond donors (Lipinski definition) is 0. The Labute approximate surface area is 40.9 Å². The van der Waals surface area contributed by atoms with Gasteiger partial charge in [0.05, 0.1) is 0 Å². The molecule has 0 spiro atoms. The molecule has 1 radical (unpaired) electrons. The van der Waals surface area contributed by atoms with Gasteiger partial charge in [0.25, 0.3) is 0 Å². The van der Waals surface area contributed by atoms with Gasteiger partial charge in [-0.15, -0.1) is 0 Å². The Hall–Kier alpha value is 0.280. The van der Waals surface area contributed by atoms with Crippen molar-refractivity contribution in [1.29, 1.82) is 0 Å². The second-order valence-electron chi connectivity index (χ2n) is 0.167. The van der Waals surface area contributed by atoms with Gasteiger partial charge in [0, 0.05) is 22.4 Å². The minimum Gasteiger partial charge on any atom is -0.343 e. The molecule has 0 saturated heterocycles. The van der Waals surface area contributed by atoms with Crippen molar-refractivity contribution < 1.29 is 27.2 Å². The van der Waals surface area contributed by atoms with Gasteiger partial charge in [-0.1, -0.05) is 0 Å². The van der Waals surface area contributed by atoms with Crippen LogP contribution in [0.5, 0.6) is 0 Å². The maximum Gasteiger partial charge on any atom is 0 e. The molecule has 0 aliphatic carbocycles. The van der Waals surface area contributed by atoms with E-state index in [1.807, 2.05) is 0 Å². The van der Waals surface area contributed by atoms with Crippen LogP contribution in [0.2, 0.25) is 0 Å². The quantitative estimate of drug-likeness (QED) is 0.418. The minimum atomic E-state index is 0. The molecule has 0 aromatic carbocycles. The minimum absolute atomic E-state index is 0. The first-order valence-corrected chi connectivity index (χ1v) is 0.644. The van der Waals surface area contributed by atoms with E-state index in [4.69, 9.17) is 4.79 Å². The molecular weight excluding hydrogens is 221 g/mol. The van der Waals surface area contributed by atoms with Crippen LogP contribution in [0.3, 0.4) is 0 Å². The first-order valence-electron chi connectivity index (χ1n) is 0.644. The van der Waals surface area contributed by atoms with Gasteiger partial charge in [-0.3, -0.25) is 0 Å². The topological polar surface area (TPSA) is 17.1 Å². The molecule has 1 nitrogen and oxygen atoms in total. The van der Waals surface area contributed by atoms with Crippen molar-refractivity contribution in [1.82, 2.24) is 0 Å². The predicted octanol–water partition coefficient (Wildman–Crippen LogP) is 0.0169. The van der Waals surface area contributed by atoms with E-state index in [1.165, 1.54) is 0 Å². The van der Waals surface area contributed by atoms with Crippen LogP contribution < -0.4 is 0 Å². The maximum atomic E-state index is 8.69. The predicted molar refractivity (Wildman–Crippen MR) is 11.4 cm³/mol. The van der Waals surface area contributed by atoms with Crippen molar-refractivity contribution in [3.63, 3.8) is 0 Å². The fraction of sp³-hybridized carbons (Fsp3) is 0. The molecule has 0 heterocycles. The van der Waals surface area contributed by atoms with E-state index in [2.05, 4.69) is 6.92 Å². The Morgan fingerprint density at radius 2 is 1.75 bits per heavy atom. The van der Waals surface area contributed by atoms with Gasteiger partial charge in [-0.25, -0.2) is 0 Å². The van der Waals surface area contributed by atoms with Crippen LogP contribution in [0.25, 0.3) is 0 Å². The van der Waals surface area contributed by atoms with Crippen LogP contribution in [-0.4, -0.2) is 6.29 Å². The largest absolute Gasteiger partial charge is 0.343 e. The summed E-state index contributed by atoms with van der Waals surface area (Å²) < 4.78 is 0. The summed E-state index contributed by atoms with van der Waals surface area (Å²) in [6.45, 7) is 2.81. The smallest absolute Gasteiger partial charge is 0 e. The second-order valence-corrected chi connectivity index (χ2v) is 0.167. The van der Waals surface area contributed by atoms with Gasteiger partial charge in [-0.2, -0.15) is 0 Å². The van der Waals surface area contributed by atoms with Gasteiger partial charge < -0.3 is 11.7 Å². The number of rotatable bonds is 0. The summed E-state index contributed by atoms with van der Waals surface area (Å²) in [5.41, 5.74) is 0. The van der Waals surface area contributed by atoms with Gasteiger partial charge in [0.1, 0.15) is 0 Å². The standard InChI is InChI=1S/C2H3O.Ta/c1-2-3;/h2H,1H2;/q-1;.